The molecule has 0 aliphatic carbocycles. The van der Waals surface area contributed by atoms with Crippen molar-refractivity contribution in [3.8, 4) is 17.1 Å². The highest BCUT2D eigenvalue weighted by Gasteiger charge is 2.16. The molecule has 0 saturated heterocycles. The van der Waals surface area contributed by atoms with Gasteiger partial charge in [0.05, 0.1) is 16.9 Å². The van der Waals surface area contributed by atoms with Gasteiger partial charge in [-0.15, -0.1) is 5.10 Å². The molecule has 2 heterocycles. The lowest BCUT2D eigenvalue weighted by molar-refractivity contribution is 0.396. The lowest BCUT2D eigenvalue weighted by Crippen LogP contribution is -2.14. The van der Waals surface area contributed by atoms with E-state index in [1.165, 1.54) is 0 Å². The van der Waals surface area contributed by atoms with Gasteiger partial charge in [-0.05, 0) is 43.6 Å². The van der Waals surface area contributed by atoms with Crippen LogP contribution in [0.15, 0.2) is 36.5 Å². The number of hydrogen-bond acceptors (Lipinski definition) is 6. The summed E-state index contributed by atoms with van der Waals surface area (Å²) < 4.78 is 1.70. The van der Waals surface area contributed by atoms with Crippen molar-refractivity contribution in [3.05, 3.63) is 48.0 Å². The third-order valence-corrected chi connectivity index (χ3v) is 3.17. The Morgan fingerprint density at radius 3 is 2.64 bits per heavy atom. The van der Waals surface area contributed by atoms with Gasteiger partial charge >= 0.3 is 0 Å². The first-order valence-electron chi connectivity index (χ1n) is 6.96. The molecule has 0 atom stereocenters. The predicted octanol–water partition coefficient (Wildman–Crippen LogP) is 1.49. The van der Waals surface area contributed by atoms with Crippen molar-refractivity contribution in [1.29, 1.82) is 0 Å². The standard InChI is InChI=1S/C15H17N7/c1-11-16-9-13(14(17-11)10-21(2)3)15-18-19-20-22(15)12-7-5-4-6-8-12/h4-9H,10H2,1-3H3. The molecule has 0 aliphatic rings. The molecule has 3 aromatic rings. The van der Waals surface area contributed by atoms with Crippen LogP contribution in [0.5, 0.6) is 0 Å². The van der Waals surface area contributed by atoms with Gasteiger partial charge in [-0.3, -0.25) is 0 Å². The van der Waals surface area contributed by atoms with E-state index < -0.39 is 0 Å². The first kappa shape index (κ1) is 14.3. The predicted molar refractivity (Wildman–Crippen MR) is 82.3 cm³/mol. The van der Waals surface area contributed by atoms with Gasteiger partial charge in [0.15, 0.2) is 5.82 Å². The van der Waals surface area contributed by atoms with Gasteiger partial charge in [0.25, 0.3) is 0 Å². The van der Waals surface area contributed by atoms with Crippen molar-refractivity contribution in [1.82, 2.24) is 35.1 Å². The summed E-state index contributed by atoms with van der Waals surface area (Å²) >= 11 is 0. The molecule has 2 aromatic heterocycles. The summed E-state index contributed by atoms with van der Waals surface area (Å²) in [7, 11) is 4.00. The highest BCUT2D eigenvalue weighted by molar-refractivity contribution is 5.59. The van der Waals surface area contributed by atoms with E-state index >= 15 is 0 Å². The molecule has 0 aliphatic heterocycles. The maximum absolute atomic E-state index is 4.54. The topological polar surface area (TPSA) is 72.6 Å². The molecule has 1 aromatic carbocycles. The molecule has 112 valence electrons. The van der Waals surface area contributed by atoms with E-state index in [1.807, 2.05) is 51.4 Å². The summed E-state index contributed by atoms with van der Waals surface area (Å²) in [4.78, 5) is 10.9. The summed E-state index contributed by atoms with van der Waals surface area (Å²) in [5.74, 6) is 1.38. The molecule has 7 nitrogen and oxygen atoms in total. The van der Waals surface area contributed by atoms with E-state index in [2.05, 4.69) is 30.4 Å². The first-order chi connectivity index (χ1) is 10.6. The van der Waals surface area contributed by atoms with Crippen LogP contribution in [0.1, 0.15) is 11.5 Å². The Morgan fingerprint density at radius 1 is 1.14 bits per heavy atom. The van der Waals surface area contributed by atoms with Crippen LogP contribution in [0.25, 0.3) is 17.1 Å². The van der Waals surface area contributed by atoms with Gasteiger partial charge in [0.2, 0.25) is 0 Å². The molecule has 0 radical (unpaired) electrons. The van der Waals surface area contributed by atoms with Gasteiger partial charge in [-0.25, -0.2) is 9.97 Å². The normalized spacial score (nSPS) is 11.1. The van der Waals surface area contributed by atoms with Crippen molar-refractivity contribution in [2.75, 3.05) is 14.1 Å². The summed E-state index contributed by atoms with van der Waals surface area (Å²) in [6, 6.07) is 9.78. The molecule has 0 spiro atoms. The van der Waals surface area contributed by atoms with Gasteiger partial charge in [0.1, 0.15) is 5.82 Å². The number of nitrogens with zero attached hydrogens (tertiary/aromatic N) is 7. The SMILES string of the molecule is Cc1ncc(-c2nnnn2-c2ccccc2)c(CN(C)C)n1. The Kier molecular flexibility index (Phi) is 3.88. The summed E-state index contributed by atoms with van der Waals surface area (Å²) in [6.07, 6.45) is 1.78. The van der Waals surface area contributed by atoms with Crippen molar-refractivity contribution in [2.45, 2.75) is 13.5 Å². The molecule has 0 fully saturated rings. The van der Waals surface area contributed by atoms with Crippen molar-refractivity contribution < 1.29 is 0 Å². The van der Waals surface area contributed by atoms with E-state index in [-0.39, 0.29) is 0 Å². The highest BCUT2D eigenvalue weighted by Crippen LogP contribution is 2.22. The molecule has 0 saturated carbocycles. The fraction of sp³-hybridized carbons (Fsp3) is 0.267. The smallest absolute Gasteiger partial charge is 0.190 e. The minimum atomic E-state index is 0.642. The second kappa shape index (κ2) is 5.98. The van der Waals surface area contributed by atoms with Crippen molar-refractivity contribution in [2.24, 2.45) is 0 Å². The molecular formula is C15H17N7. The number of hydrogen-bond donors (Lipinski definition) is 0. The lowest BCUT2D eigenvalue weighted by atomic mass is 10.2. The third-order valence-electron chi connectivity index (χ3n) is 3.17. The molecule has 3 rings (SSSR count). The average Bonchev–Trinajstić information content (AvgIpc) is 2.97. The Bertz CT molecular complexity index is 765. The summed E-state index contributed by atoms with van der Waals surface area (Å²) in [5, 5.41) is 12.1. The zero-order chi connectivity index (χ0) is 15.5. The Hall–Kier alpha value is -2.67. The number of rotatable bonds is 4. The van der Waals surface area contributed by atoms with Gasteiger partial charge in [-0.2, -0.15) is 4.68 Å². The average molecular weight is 295 g/mol. The number of aryl methyl sites for hydroxylation is 1. The maximum Gasteiger partial charge on any atom is 0.190 e. The van der Waals surface area contributed by atoms with E-state index in [0.717, 1.165) is 22.8 Å². The van der Waals surface area contributed by atoms with Crippen LogP contribution < -0.4 is 0 Å². The number of tetrazole rings is 1. The van der Waals surface area contributed by atoms with Crippen LogP contribution in [-0.2, 0) is 6.54 Å². The van der Waals surface area contributed by atoms with Gasteiger partial charge < -0.3 is 4.90 Å². The molecule has 0 bridgehead atoms. The highest BCUT2D eigenvalue weighted by atomic mass is 15.5. The largest absolute Gasteiger partial charge is 0.304 e. The Balaban J connectivity index is 2.11. The zero-order valence-electron chi connectivity index (χ0n) is 12.8. The number of aromatic nitrogens is 6. The second-order valence-electron chi connectivity index (χ2n) is 5.27. The molecule has 22 heavy (non-hydrogen) atoms. The maximum atomic E-state index is 4.54. The van der Waals surface area contributed by atoms with Crippen LogP contribution in [0.3, 0.4) is 0 Å². The van der Waals surface area contributed by atoms with Crippen LogP contribution in [0, 0.1) is 6.92 Å². The molecule has 0 unspecified atom stereocenters. The monoisotopic (exact) mass is 295 g/mol. The van der Waals surface area contributed by atoms with Crippen LogP contribution in [0.2, 0.25) is 0 Å². The van der Waals surface area contributed by atoms with E-state index in [9.17, 15) is 0 Å². The van der Waals surface area contributed by atoms with E-state index in [1.54, 1.807) is 10.9 Å². The fourth-order valence-electron chi connectivity index (χ4n) is 2.22. The quantitative estimate of drug-likeness (QED) is 0.726. The summed E-state index contributed by atoms with van der Waals surface area (Å²) in [6.45, 7) is 2.57. The first-order valence-corrected chi connectivity index (χ1v) is 6.96. The third kappa shape index (κ3) is 2.84. The molecular weight excluding hydrogens is 278 g/mol. The lowest BCUT2D eigenvalue weighted by Gasteiger charge is -2.13. The summed E-state index contributed by atoms with van der Waals surface area (Å²) in [5.41, 5.74) is 2.65. The van der Waals surface area contributed by atoms with Crippen molar-refractivity contribution in [3.63, 3.8) is 0 Å². The molecule has 0 amide bonds. The second-order valence-corrected chi connectivity index (χ2v) is 5.27. The minimum absolute atomic E-state index is 0.642. The van der Waals surface area contributed by atoms with Crippen LogP contribution in [0.4, 0.5) is 0 Å². The minimum Gasteiger partial charge on any atom is -0.304 e. The molecule has 7 heteroatoms. The fourth-order valence-corrected chi connectivity index (χ4v) is 2.22. The number of benzene rings is 1. The van der Waals surface area contributed by atoms with Crippen LogP contribution >= 0.6 is 0 Å². The van der Waals surface area contributed by atoms with Crippen LogP contribution in [-0.4, -0.2) is 49.2 Å². The Morgan fingerprint density at radius 2 is 1.91 bits per heavy atom. The number of para-hydroxylation sites is 1. The zero-order valence-corrected chi connectivity index (χ0v) is 12.8. The Labute approximate surface area is 128 Å². The molecule has 0 N–H and O–H groups in total. The van der Waals surface area contributed by atoms with Gasteiger partial charge in [0, 0.05) is 12.7 Å². The van der Waals surface area contributed by atoms with Gasteiger partial charge in [-0.1, -0.05) is 18.2 Å². The van der Waals surface area contributed by atoms with Crippen molar-refractivity contribution >= 4 is 0 Å². The van der Waals surface area contributed by atoms with E-state index in [4.69, 9.17) is 0 Å². The van der Waals surface area contributed by atoms with E-state index in [0.29, 0.717) is 12.4 Å².